The quantitative estimate of drug-likeness (QED) is 0.763. The number of nitrogens with zero attached hydrogens (tertiary/aromatic N) is 2. The Kier molecular flexibility index (Phi) is 4.45. The summed E-state index contributed by atoms with van der Waals surface area (Å²) in [5.74, 6) is 0.750. The summed E-state index contributed by atoms with van der Waals surface area (Å²) >= 11 is 0. The van der Waals surface area contributed by atoms with Crippen LogP contribution in [0.5, 0.6) is 5.75 Å². The van der Waals surface area contributed by atoms with Crippen LogP contribution in [0.15, 0.2) is 24.3 Å². The molecule has 28 heavy (non-hydrogen) atoms. The summed E-state index contributed by atoms with van der Waals surface area (Å²) in [6, 6.07) is 5.53. The van der Waals surface area contributed by atoms with E-state index in [0.29, 0.717) is 31.6 Å². The van der Waals surface area contributed by atoms with Crippen molar-refractivity contribution in [3.63, 3.8) is 0 Å². The van der Waals surface area contributed by atoms with E-state index in [9.17, 15) is 14.4 Å². The second kappa shape index (κ2) is 6.82. The highest BCUT2D eigenvalue weighted by Crippen LogP contribution is 2.39. The smallest absolute Gasteiger partial charge is 0.418 e. The maximum absolute atomic E-state index is 12.6. The van der Waals surface area contributed by atoms with Crippen molar-refractivity contribution in [1.29, 1.82) is 0 Å². The highest BCUT2D eigenvalue weighted by Gasteiger charge is 2.43. The maximum Gasteiger partial charge on any atom is 0.418 e. The zero-order chi connectivity index (χ0) is 19.9. The Hall–Kier alpha value is -3.09. The monoisotopic (exact) mass is 382 g/mol. The largest absolute Gasteiger partial charge is 0.497 e. The molecule has 1 fully saturated rings. The minimum atomic E-state index is -0.619. The molecule has 0 radical (unpaired) electrons. The Bertz CT molecular complexity index is 1010. The summed E-state index contributed by atoms with van der Waals surface area (Å²) in [6.07, 6.45) is 5.98. The zero-order valence-corrected chi connectivity index (χ0v) is 15.9. The van der Waals surface area contributed by atoms with Crippen LogP contribution in [-0.4, -0.2) is 54.1 Å². The minimum Gasteiger partial charge on any atom is -0.497 e. The number of fused-ring (bicyclic) bond motifs is 4. The predicted molar refractivity (Wildman–Crippen MR) is 103 cm³/mol. The highest BCUT2D eigenvalue weighted by atomic mass is 16.5. The van der Waals surface area contributed by atoms with Crippen molar-refractivity contribution in [2.75, 3.05) is 20.8 Å². The second-order valence-electron chi connectivity index (χ2n) is 7.16. The van der Waals surface area contributed by atoms with Gasteiger partial charge in [-0.05, 0) is 42.7 Å². The summed E-state index contributed by atoms with van der Waals surface area (Å²) in [5, 5.41) is 0.888. The van der Waals surface area contributed by atoms with Gasteiger partial charge in [-0.3, -0.25) is 4.79 Å². The van der Waals surface area contributed by atoms with Gasteiger partial charge in [0.15, 0.2) is 0 Å². The summed E-state index contributed by atoms with van der Waals surface area (Å²) in [4.78, 5) is 38.2. The Morgan fingerprint density at radius 2 is 2.11 bits per heavy atom. The number of carbonyl (C=O) groups excluding carboxylic acids is 3. The number of carbonyl (C=O) groups is 3. The molecule has 1 amide bonds. The number of aromatic nitrogens is 1. The molecule has 2 aromatic rings. The lowest BCUT2D eigenvalue weighted by Gasteiger charge is -2.36. The molecule has 1 aromatic heterocycles. The lowest BCUT2D eigenvalue weighted by atomic mass is 9.89. The average molecular weight is 382 g/mol. The van der Waals surface area contributed by atoms with Crippen molar-refractivity contribution >= 4 is 35.3 Å². The van der Waals surface area contributed by atoms with E-state index in [1.54, 1.807) is 17.7 Å². The lowest BCUT2D eigenvalue weighted by Crippen LogP contribution is -2.46. The van der Waals surface area contributed by atoms with Crippen LogP contribution >= 0.6 is 0 Å². The van der Waals surface area contributed by atoms with Crippen molar-refractivity contribution in [3.8, 4) is 5.75 Å². The van der Waals surface area contributed by atoms with Gasteiger partial charge in [-0.25, -0.2) is 9.36 Å². The molecule has 1 aromatic carbocycles. The maximum atomic E-state index is 12.6. The first-order valence-electron chi connectivity index (χ1n) is 9.27. The third kappa shape index (κ3) is 2.61. The first-order chi connectivity index (χ1) is 13.5. The second-order valence-corrected chi connectivity index (χ2v) is 7.16. The molecule has 1 atom stereocenters. The van der Waals surface area contributed by atoms with Crippen LogP contribution in [0.3, 0.4) is 0 Å². The van der Waals surface area contributed by atoms with Gasteiger partial charge in [0, 0.05) is 24.8 Å². The molecule has 0 unspecified atom stereocenters. The topological polar surface area (TPSA) is 77.8 Å². The standard InChI is InChI=1S/C21H22N2O5/c1-27-14-3-4-17-16(13-14)15-7-11-22-19(25)6-9-21(22,10-12-24)8-5-18(15)23(17)20(26)28-2/h3-5,8,12-13H,6-7,9-11H2,1-2H3/b8-5-/t21-/m0/s1. The van der Waals surface area contributed by atoms with E-state index in [-0.39, 0.29) is 12.3 Å². The molecular weight excluding hydrogens is 360 g/mol. The fourth-order valence-corrected chi connectivity index (χ4v) is 4.45. The van der Waals surface area contributed by atoms with Crippen LogP contribution < -0.4 is 4.74 Å². The summed E-state index contributed by atoms with van der Waals surface area (Å²) in [7, 11) is 2.95. The Morgan fingerprint density at radius 3 is 2.82 bits per heavy atom. The molecule has 146 valence electrons. The van der Waals surface area contributed by atoms with Crippen molar-refractivity contribution in [1.82, 2.24) is 9.47 Å². The third-order valence-corrected chi connectivity index (χ3v) is 5.86. The van der Waals surface area contributed by atoms with Gasteiger partial charge in [0.1, 0.15) is 12.0 Å². The highest BCUT2D eigenvalue weighted by molar-refractivity contribution is 5.97. The van der Waals surface area contributed by atoms with Gasteiger partial charge >= 0.3 is 6.09 Å². The van der Waals surface area contributed by atoms with Crippen LogP contribution in [-0.2, 0) is 20.7 Å². The normalized spacial score (nSPS) is 22.2. The first-order valence-corrected chi connectivity index (χ1v) is 9.27. The van der Waals surface area contributed by atoms with Crippen molar-refractivity contribution in [2.45, 2.75) is 31.2 Å². The number of hydrogen-bond donors (Lipinski definition) is 0. The van der Waals surface area contributed by atoms with Gasteiger partial charge in [-0.15, -0.1) is 0 Å². The van der Waals surface area contributed by atoms with Crippen LogP contribution in [0.25, 0.3) is 17.0 Å². The van der Waals surface area contributed by atoms with Gasteiger partial charge < -0.3 is 19.2 Å². The molecular formula is C21H22N2O5. The number of amides is 1. The molecule has 0 saturated carbocycles. The Balaban J connectivity index is 1.95. The van der Waals surface area contributed by atoms with Crippen molar-refractivity contribution in [2.24, 2.45) is 0 Å². The Labute approximate surface area is 162 Å². The van der Waals surface area contributed by atoms with E-state index < -0.39 is 11.6 Å². The van der Waals surface area contributed by atoms with Crippen LogP contribution in [0, 0.1) is 0 Å². The molecule has 0 bridgehead atoms. The van der Waals surface area contributed by atoms with Gasteiger partial charge in [0.05, 0.1) is 31.0 Å². The van der Waals surface area contributed by atoms with Gasteiger partial charge in [-0.2, -0.15) is 0 Å². The fraction of sp³-hybridized carbons (Fsp3) is 0.381. The predicted octanol–water partition coefficient (Wildman–Crippen LogP) is 2.78. The van der Waals surface area contributed by atoms with Gasteiger partial charge in [0.25, 0.3) is 0 Å². The molecule has 1 saturated heterocycles. The van der Waals surface area contributed by atoms with Crippen molar-refractivity contribution in [3.05, 3.63) is 35.5 Å². The molecule has 0 aliphatic carbocycles. The van der Waals surface area contributed by atoms with E-state index in [1.165, 1.54) is 7.11 Å². The fourth-order valence-electron chi connectivity index (χ4n) is 4.45. The van der Waals surface area contributed by atoms with Crippen LogP contribution in [0.4, 0.5) is 4.79 Å². The molecule has 7 heteroatoms. The zero-order valence-electron chi connectivity index (χ0n) is 15.9. The van der Waals surface area contributed by atoms with Gasteiger partial charge in [0.2, 0.25) is 5.91 Å². The van der Waals surface area contributed by atoms with Crippen LogP contribution in [0.2, 0.25) is 0 Å². The van der Waals surface area contributed by atoms with E-state index in [2.05, 4.69) is 0 Å². The molecule has 0 N–H and O–H groups in total. The third-order valence-electron chi connectivity index (χ3n) is 5.86. The van der Waals surface area contributed by atoms with Crippen molar-refractivity contribution < 1.29 is 23.9 Å². The number of hydrogen-bond acceptors (Lipinski definition) is 5. The molecule has 2 aliphatic rings. The summed E-state index contributed by atoms with van der Waals surface area (Å²) in [5.41, 5.74) is 1.78. The number of aldehydes is 1. The molecule has 2 aliphatic heterocycles. The van der Waals surface area contributed by atoms with E-state index in [0.717, 1.165) is 28.4 Å². The number of ether oxygens (including phenoxy) is 2. The lowest BCUT2D eigenvalue weighted by molar-refractivity contribution is -0.130. The number of rotatable bonds is 3. The summed E-state index contributed by atoms with van der Waals surface area (Å²) in [6.45, 7) is 0.488. The Morgan fingerprint density at radius 1 is 1.29 bits per heavy atom. The van der Waals surface area contributed by atoms with E-state index >= 15 is 0 Å². The molecule has 0 spiro atoms. The van der Waals surface area contributed by atoms with Crippen LogP contribution in [0.1, 0.15) is 30.5 Å². The molecule has 3 heterocycles. The van der Waals surface area contributed by atoms with E-state index in [1.807, 2.05) is 29.2 Å². The SMILES string of the molecule is COC(=O)n1c2c(c3cc(OC)ccc31)CCN1C(=O)CC[C@]1(CC=O)/C=C\2. The number of benzene rings is 1. The summed E-state index contributed by atoms with van der Waals surface area (Å²) < 4.78 is 11.9. The van der Waals surface area contributed by atoms with Gasteiger partial charge in [-0.1, -0.05) is 6.08 Å². The number of methoxy groups -OCH3 is 2. The first kappa shape index (κ1) is 18.3. The van der Waals surface area contributed by atoms with E-state index in [4.69, 9.17) is 9.47 Å². The molecule has 4 rings (SSSR count). The average Bonchev–Trinajstić information content (AvgIpc) is 3.16. The molecule has 7 nitrogen and oxygen atoms in total. The minimum absolute atomic E-state index is 0.0595.